The number of ether oxygens (including phenoxy) is 2. The molecule has 1 heterocycles. The molecule has 18 heavy (non-hydrogen) atoms. The Labute approximate surface area is 107 Å². The second-order valence-electron chi connectivity index (χ2n) is 4.54. The standard InChI is InChI=1S/C16H16O2/c1-12-4-2-3-5-13(10-12)14-6-7-15-16(11-14)18-9-8-17-15/h2,4-7,10-11H,3,8-9H2,1H3. The van der Waals surface area contributed by atoms with Gasteiger partial charge in [-0.3, -0.25) is 0 Å². The molecule has 0 atom stereocenters. The molecule has 3 rings (SSSR count). The maximum absolute atomic E-state index is 5.62. The number of allylic oxidation sites excluding steroid dienone is 6. The van der Waals surface area contributed by atoms with Crippen molar-refractivity contribution in [1.82, 2.24) is 0 Å². The summed E-state index contributed by atoms with van der Waals surface area (Å²) in [5, 5.41) is 0. The van der Waals surface area contributed by atoms with Crippen molar-refractivity contribution in [3.8, 4) is 11.5 Å². The smallest absolute Gasteiger partial charge is 0.161 e. The van der Waals surface area contributed by atoms with Crippen LogP contribution < -0.4 is 9.47 Å². The first-order chi connectivity index (χ1) is 8.83. The second kappa shape index (κ2) is 4.73. The van der Waals surface area contributed by atoms with Crippen LogP contribution in [0.15, 0.2) is 48.1 Å². The number of fused-ring (bicyclic) bond motifs is 1. The van der Waals surface area contributed by atoms with E-state index in [0.29, 0.717) is 13.2 Å². The van der Waals surface area contributed by atoms with Crippen molar-refractivity contribution in [2.75, 3.05) is 13.2 Å². The van der Waals surface area contributed by atoms with E-state index in [1.54, 1.807) is 0 Å². The van der Waals surface area contributed by atoms with Gasteiger partial charge < -0.3 is 9.47 Å². The molecule has 92 valence electrons. The summed E-state index contributed by atoms with van der Waals surface area (Å²) in [4.78, 5) is 0. The van der Waals surface area contributed by atoms with Gasteiger partial charge in [-0.1, -0.05) is 35.9 Å². The summed E-state index contributed by atoms with van der Waals surface area (Å²) in [6.45, 7) is 3.39. The second-order valence-corrected chi connectivity index (χ2v) is 4.54. The Morgan fingerprint density at radius 3 is 2.78 bits per heavy atom. The Bertz CT molecular complexity index is 550. The normalized spacial score (nSPS) is 17.8. The molecular weight excluding hydrogens is 224 g/mol. The van der Waals surface area contributed by atoms with Gasteiger partial charge in [0.2, 0.25) is 0 Å². The summed E-state index contributed by atoms with van der Waals surface area (Å²) in [6.07, 6.45) is 9.74. The van der Waals surface area contributed by atoms with Crippen LogP contribution in [0.25, 0.3) is 5.57 Å². The van der Waals surface area contributed by atoms with Gasteiger partial charge >= 0.3 is 0 Å². The van der Waals surface area contributed by atoms with E-state index in [1.807, 2.05) is 6.07 Å². The van der Waals surface area contributed by atoms with E-state index in [-0.39, 0.29) is 0 Å². The maximum Gasteiger partial charge on any atom is 0.161 e. The number of hydrogen-bond acceptors (Lipinski definition) is 2. The molecule has 1 aliphatic carbocycles. The molecule has 0 fully saturated rings. The predicted molar refractivity (Wildman–Crippen MR) is 72.9 cm³/mol. The molecule has 0 saturated heterocycles. The molecule has 0 bridgehead atoms. The van der Waals surface area contributed by atoms with Crippen molar-refractivity contribution in [3.63, 3.8) is 0 Å². The molecule has 2 nitrogen and oxygen atoms in total. The molecule has 1 aliphatic heterocycles. The van der Waals surface area contributed by atoms with Gasteiger partial charge in [-0.25, -0.2) is 0 Å². The maximum atomic E-state index is 5.62. The number of benzene rings is 1. The summed E-state index contributed by atoms with van der Waals surface area (Å²) in [6, 6.07) is 6.15. The first-order valence-corrected chi connectivity index (χ1v) is 6.28. The third-order valence-electron chi connectivity index (χ3n) is 3.11. The van der Waals surface area contributed by atoms with Gasteiger partial charge in [-0.05, 0) is 36.6 Å². The Morgan fingerprint density at radius 1 is 1.06 bits per heavy atom. The van der Waals surface area contributed by atoms with E-state index in [1.165, 1.54) is 16.7 Å². The van der Waals surface area contributed by atoms with Crippen LogP contribution in [0.5, 0.6) is 11.5 Å². The highest BCUT2D eigenvalue weighted by atomic mass is 16.6. The fourth-order valence-electron chi connectivity index (χ4n) is 2.23. The van der Waals surface area contributed by atoms with E-state index in [4.69, 9.17) is 9.47 Å². The summed E-state index contributed by atoms with van der Waals surface area (Å²) in [5.41, 5.74) is 3.70. The van der Waals surface area contributed by atoms with E-state index >= 15 is 0 Å². The van der Waals surface area contributed by atoms with Crippen LogP contribution in [0.1, 0.15) is 18.9 Å². The molecule has 1 aromatic carbocycles. The summed E-state index contributed by atoms with van der Waals surface area (Å²) in [7, 11) is 0. The van der Waals surface area contributed by atoms with Gasteiger partial charge in [-0.15, -0.1) is 0 Å². The summed E-state index contributed by atoms with van der Waals surface area (Å²) in [5.74, 6) is 1.70. The molecular formula is C16H16O2. The fraction of sp³-hybridized carbons (Fsp3) is 0.250. The minimum atomic E-state index is 0.631. The van der Waals surface area contributed by atoms with Crippen molar-refractivity contribution in [2.24, 2.45) is 0 Å². The SMILES string of the molecule is CC1=CC(c2ccc3c(c2)OCCO3)=CCC=C1. The van der Waals surface area contributed by atoms with Crippen molar-refractivity contribution >= 4 is 5.57 Å². The average molecular weight is 240 g/mol. The van der Waals surface area contributed by atoms with Crippen LogP contribution in [-0.2, 0) is 0 Å². The monoisotopic (exact) mass is 240 g/mol. The van der Waals surface area contributed by atoms with Crippen LogP contribution in [0, 0.1) is 0 Å². The quantitative estimate of drug-likeness (QED) is 0.744. The molecule has 0 aromatic heterocycles. The van der Waals surface area contributed by atoms with Crippen molar-refractivity contribution in [1.29, 1.82) is 0 Å². The van der Waals surface area contributed by atoms with E-state index < -0.39 is 0 Å². The lowest BCUT2D eigenvalue weighted by Crippen LogP contribution is -2.15. The zero-order chi connectivity index (χ0) is 12.4. The van der Waals surface area contributed by atoms with Gasteiger partial charge in [0, 0.05) is 0 Å². The van der Waals surface area contributed by atoms with Crippen LogP contribution in [0.2, 0.25) is 0 Å². The molecule has 2 heteroatoms. The van der Waals surface area contributed by atoms with Gasteiger partial charge in [0.1, 0.15) is 13.2 Å². The molecule has 0 saturated carbocycles. The Morgan fingerprint density at radius 2 is 1.89 bits per heavy atom. The Kier molecular flexibility index (Phi) is 2.93. The van der Waals surface area contributed by atoms with Crippen molar-refractivity contribution in [2.45, 2.75) is 13.3 Å². The zero-order valence-electron chi connectivity index (χ0n) is 10.5. The van der Waals surface area contributed by atoms with E-state index in [0.717, 1.165) is 17.9 Å². The molecule has 0 spiro atoms. The summed E-state index contributed by atoms with van der Waals surface area (Å²) >= 11 is 0. The van der Waals surface area contributed by atoms with Gasteiger partial charge in [0.15, 0.2) is 11.5 Å². The molecule has 0 unspecified atom stereocenters. The molecule has 2 aliphatic rings. The first-order valence-electron chi connectivity index (χ1n) is 6.28. The van der Waals surface area contributed by atoms with E-state index in [2.05, 4.69) is 43.4 Å². The molecule has 0 radical (unpaired) electrons. The molecule has 1 aromatic rings. The van der Waals surface area contributed by atoms with Crippen LogP contribution >= 0.6 is 0 Å². The lowest BCUT2D eigenvalue weighted by molar-refractivity contribution is 0.171. The topological polar surface area (TPSA) is 18.5 Å². The lowest BCUT2D eigenvalue weighted by atomic mass is 10.0. The van der Waals surface area contributed by atoms with E-state index in [9.17, 15) is 0 Å². The van der Waals surface area contributed by atoms with Crippen molar-refractivity contribution < 1.29 is 9.47 Å². The highest BCUT2D eigenvalue weighted by Crippen LogP contribution is 2.34. The molecule has 0 amide bonds. The summed E-state index contributed by atoms with van der Waals surface area (Å²) < 4.78 is 11.2. The Hall–Kier alpha value is -1.96. The van der Waals surface area contributed by atoms with Gasteiger partial charge in [0.25, 0.3) is 0 Å². The highest BCUT2D eigenvalue weighted by molar-refractivity contribution is 5.77. The van der Waals surface area contributed by atoms with Gasteiger partial charge in [-0.2, -0.15) is 0 Å². The predicted octanol–water partition coefficient (Wildman–Crippen LogP) is 3.75. The van der Waals surface area contributed by atoms with Gasteiger partial charge in [0.05, 0.1) is 0 Å². The minimum Gasteiger partial charge on any atom is -0.486 e. The largest absolute Gasteiger partial charge is 0.486 e. The number of rotatable bonds is 1. The molecule has 0 N–H and O–H groups in total. The fourth-order valence-corrected chi connectivity index (χ4v) is 2.23. The Balaban J connectivity index is 1.97. The number of hydrogen-bond donors (Lipinski definition) is 0. The minimum absolute atomic E-state index is 0.631. The van der Waals surface area contributed by atoms with Crippen LogP contribution in [0.4, 0.5) is 0 Å². The highest BCUT2D eigenvalue weighted by Gasteiger charge is 2.12. The lowest BCUT2D eigenvalue weighted by Gasteiger charge is -2.19. The average Bonchev–Trinajstić information content (AvgIpc) is 2.63. The van der Waals surface area contributed by atoms with Crippen LogP contribution in [0.3, 0.4) is 0 Å². The van der Waals surface area contributed by atoms with Crippen LogP contribution in [-0.4, -0.2) is 13.2 Å². The zero-order valence-corrected chi connectivity index (χ0v) is 10.5. The third kappa shape index (κ3) is 2.19. The van der Waals surface area contributed by atoms with Crippen molar-refractivity contribution in [3.05, 3.63) is 53.6 Å². The third-order valence-corrected chi connectivity index (χ3v) is 3.11. The first kappa shape index (κ1) is 11.1.